The fourth-order valence-electron chi connectivity index (χ4n) is 0.656. The van der Waals surface area contributed by atoms with E-state index in [1.165, 1.54) is 0 Å². The Morgan fingerprint density at radius 2 is 1.56 bits per heavy atom. The standard InChI is InChI=1S/C4H5NO4/c6-3-1-2-4(7)5(3,8)9/h8H,1-2H2/q+1. The number of rotatable bonds is 0. The van der Waals surface area contributed by atoms with Crippen LogP contribution in [0.5, 0.6) is 0 Å². The third-order valence-corrected chi connectivity index (χ3v) is 1.23. The molecule has 1 rings (SSSR count). The molecule has 0 aromatic rings. The van der Waals surface area contributed by atoms with E-state index in [-0.39, 0.29) is 12.8 Å². The molecule has 0 unspecified atom stereocenters. The summed E-state index contributed by atoms with van der Waals surface area (Å²) in [6.07, 6.45) is -0.280. The number of quaternary nitrogens is 1. The lowest BCUT2D eigenvalue weighted by atomic mass is 10.4. The van der Waals surface area contributed by atoms with Crippen LogP contribution in [0.4, 0.5) is 0 Å². The maximum atomic E-state index is 10.4. The second-order valence-electron chi connectivity index (χ2n) is 1.86. The number of hydrogen-bond acceptors (Lipinski definition) is 3. The van der Waals surface area contributed by atoms with Crippen molar-refractivity contribution in [1.29, 1.82) is 0 Å². The lowest BCUT2D eigenvalue weighted by molar-refractivity contribution is -1.15. The number of carbonyl (C=O) groups excluding carboxylic acids is 2. The van der Waals surface area contributed by atoms with Crippen LogP contribution in [-0.2, 0) is 14.8 Å². The van der Waals surface area contributed by atoms with Gasteiger partial charge < -0.3 is 0 Å². The molecule has 0 saturated carbocycles. The largest absolute Gasteiger partial charge is 0.390 e. The summed E-state index contributed by atoms with van der Waals surface area (Å²) in [4.78, 5) is 18.3. The topological polar surface area (TPSA) is 74.3 Å². The van der Waals surface area contributed by atoms with Crippen molar-refractivity contribution in [3.8, 4) is 0 Å². The van der Waals surface area contributed by atoms with Crippen molar-refractivity contribution in [3.63, 3.8) is 0 Å². The van der Waals surface area contributed by atoms with E-state index in [0.29, 0.717) is 0 Å². The number of nitrogens with zero attached hydrogens (tertiary/aromatic N) is 1. The molecular formula is C4H5NO4+. The summed E-state index contributed by atoms with van der Waals surface area (Å²) in [7, 11) is 0. The van der Waals surface area contributed by atoms with Gasteiger partial charge in [0, 0.05) is 0 Å². The maximum absolute atomic E-state index is 10.4. The smallest absolute Gasteiger partial charge is 0.223 e. The van der Waals surface area contributed by atoms with Crippen LogP contribution in [0.3, 0.4) is 0 Å². The van der Waals surface area contributed by atoms with Crippen molar-refractivity contribution in [3.05, 3.63) is 0 Å². The summed E-state index contributed by atoms with van der Waals surface area (Å²) in [6, 6.07) is 0. The first kappa shape index (κ1) is 6.34. The Morgan fingerprint density at radius 3 is 1.67 bits per heavy atom. The Hall–Kier alpha value is -0.780. The second-order valence-corrected chi connectivity index (χ2v) is 1.86. The van der Waals surface area contributed by atoms with Gasteiger partial charge in [0.25, 0.3) is 0 Å². The van der Waals surface area contributed by atoms with Crippen LogP contribution < -0.4 is 0 Å². The molecule has 49 valence electrons. The minimum Gasteiger partial charge on any atom is -0.223 e. The first-order chi connectivity index (χ1) is 4.05. The number of hydroxylamine groups is 4. The number of hydrogen-bond donors (Lipinski definition) is 1. The van der Waals surface area contributed by atoms with Crippen LogP contribution >= 0.6 is 0 Å². The summed E-state index contributed by atoms with van der Waals surface area (Å²) in [6.45, 7) is 0. The van der Waals surface area contributed by atoms with E-state index in [1.54, 1.807) is 0 Å². The van der Waals surface area contributed by atoms with Crippen molar-refractivity contribution in [1.82, 2.24) is 0 Å². The lowest BCUT2D eigenvalue weighted by Crippen LogP contribution is -2.44. The predicted octanol–water partition coefficient (Wildman–Crippen LogP) is -0.615. The van der Waals surface area contributed by atoms with Crippen LogP contribution in [0.1, 0.15) is 12.8 Å². The second kappa shape index (κ2) is 1.60. The van der Waals surface area contributed by atoms with E-state index in [1.807, 2.05) is 0 Å². The molecule has 5 heteroatoms. The highest BCUT2D eigenvalue weighted by atomic mass is 16.9. The van der Waals surface area contributed by atoms with Gasteiger partial charge in [-0.2, -0.15) is 5.21 Å². The van der Waals surface area contributed by atoms with Crippen LogP contribution in [0.2, 0.25) is 0 Å². The van der Waals surface area contributed by atoms with Gasteiger partial charge in [0.15, 0.2) is 0 Å². The molecule has 2 amide bonds. The van der Waals surface area contributed by atoms with Gasteiger partial charge in [-0.05, 0) is 0 Å². The van der Waals surface area contributed by atoms with Gasteiger partial charge in [0.05, 0.1) is 18.0 Å². The number of carbonyl (C=O) groups is 2. The lowest BCUT2D eigenvalue weighted by Gasteiger charge is -2.01. The fraction of sp³-hybridized carbons (Fsp3) is 0.500. The summed E-state index contributed by atoms with van der Waals surface area (Å²) in [5, 5.41) is 18.8. The SMILES string of the molecule is [O][N+]1(O)C(=O)CCC1=O. The maximum Gasteiger partial charge on any atom is 0.390 e. The molecule has 0 aromatic carbocycles. The Bertz CT molecular complexity index is 155. The molecule has 0 atom stereocenters. The minimum absolute atomic E-state index is 0.140. The molecule has 0 aromatic heterocycles. The van der Waals surface area contributed by atoms with Crippen LogP contribution in [0.25, 0.3) is 0 Å². The van der Waals surface area contributed by atoms with E-state index in [4.69, 9.17) is 5.21 Å². The van der Waals surface area contributed by atoms with E-state index >= 15 is 0 Å². The van der Waals surface area contributed by atoms with Gasteiger partial charge in [-0.3, -0.25) is 0 Å². The number of imide groups is 1. The molecule has 0 spiro atoms. The summed E-state index contributed by atoms with van der Waals surface area (Å²) < 4.78 is 0. The van der Waals surface area contributed by atoms with E-state index in [2.05, 4.69) is 0 Å². The zero-order valence-electron chi connectivity index (χ0n) is 4.53. The third-order valence-electron chi connectivity index (χ3n) is 1.23. The molecule has 1 aliphatic heterocycles. The average molecular weight is 131 g/mol. The first-order valence-corrected chi connectivity index (χ1v) is 2.45. The fourth-order valence-corrected chi connectivity index (χ4v) is 0.656. The van der Waals surface area contributed by atoms with Gasteiger partial charge in [0.1, 0.15) is 4.81 Å². The molecule has 1 aliphatic rings. The molecule has 1 radical (unpaired) electrons. The van der Waals surface area contributed by atoms with Crippen molar-refractivity contribution in [2.75, 3.05) is 0 Å². The zero-order chi connectivity index (χ0) is 7.07. The van der Waals surface area contributed by atoms with Crippen molar-refractivity contribution < 1.29 is 24.8 Å². The molecule has 0 aliphatic carbocycles. The Labute approximate surface area is 50.6 Å². The average Bonchev–Trinajstić information content (AvgIpc) is 1.96. The van der Waals surface area contributed by atoms with Gasteiger partial charge in [-0.15, -0.1) is 0 Å². The highest BCUT2D eigenvalue weighted by Crippen LogP contribution is 2.16. The molecule has 1 heterocycles. The summed E-state index contributed by atoms with van der Waals surface area (Å²) in [5.74, 6) is -1.94. The highest BCUT2D eigenvalue weighted by molar-refractivity contribution is 5.89. The van der Waals surface area contributed by atoms with E-state index < -0.39 is 16.6 Å². The van der Waals surface area contributed by atoms with E-state index in [9.17, 15) is 14.8 Å². The van der Waals surface area contributed by atoms with E-state index in [0.717, 1.165) is 0 Å². The molecule has 1 saturated heterocycles. The molecule has 0 bridgehead atoms. The Kier molecular flexibility index (Phi) is 1.13. The third kappa shape index (κ3) is 0.748. The Morgan fingerprint density at radius 1 is 1.22 bits per heavy atom. The monoisotopic (exact) mass is 131 g/mol. The highest BCUT2D eigenvalue weighted by Gasteiger charge is 2.52. The number of amides is 2. The van der Waals surface area contributed by atoms with Crippen molar-refractivity contribution in [2.24, 2.45) is 0 Å². The predicted molar refractivity (Wildman–Crippen MR) is 22.0 cm³/mol. The Balaban J connectivity index is 2.91. The van der Waals surface area contributed by atoms with Gasteiger partial charge in [-0.25, -0.2) is 9.59 Å². The summed E-state index contributed by atoms with van der Waals surface area (Å²) in [5.41, 5.74) is 0. The first-order valence-electron chi connectivity index (χ1n) is 2.45. The minimum atomic E-state index is -2.31. The molecule has 9 heavy (non-hydrogen) atoms. The van der Waals surface area contributed by atoms with Crippen LogP contribution in [0, 0.1) is 0 Å². The van der Waals surface area contributed by atoms with Crippen LogP contribution in [-0.4, -0.2) is 21.8 Å². The zero-order valence-corrected chi connectivity index (χ0v) is 4.53. The molecule has 5 nitrogen and oxygen atoms in total. The molecule has 1 N–H and O–H groups in total. The van der Waals surface area contributed by atoms with Crippen LogP contribution in [0.15, 0.2) is 0 Å². The molecular weight excluding hydrogens is 126 g/mol. The van der Waals surface area contributed by atoms with Gasteiger partial charge in [-0.1, -0.05) is 0 Å². The van der Waals surface area contributed by atoms with Crippen molar-refractivity contribution >= 4 is 11.8 Å². The summed E-state index contributed by atoms with van der Waals surface area (Å²) >= 11 is 0. The van der Waals surface area contributed by atoms with Crippen molar-refractivity contribution in [2.45, 2.75) is 12.8 Å². The van der Waals surface area contributed by atoms with Gasteiger partial charge >= 0.3 is 11.8 Å². The quantitative estimate of drug-likeness (QED) is 0.270. The molecule has 1 fully saturated rings. The normalized spacial score (nSPS) is 25.1. The van der Waals surface area contributed by atoms with Gasteiger partial charge in [0.2, 0.25) is 0 Å².